The number of hydrogen-bond acceptors (Lipinski definition) is 1. The summed E-state index contributed by atoms with van der Waals surface area (Å²) in [7, 11) is 0. The number of nitrogens with zero attached hydrogens (tertiary/aromatic N) is 1. The topological polar surface area (TPSA) is 12.4 Å². The Hall–Kier alpha value is -0.331. The van der Waals surface area contributed by atoms with Gasteiger partial charge in [-0.2, -0.15) is 0 Å². The normalized spacial score (nSPS) is 26.0. The first-order valence-corrected chi connectivity index (χ1v) is 4.65. The van der Waals surface area contributed by atoms with Gasteiger partial charge in [0, 0.05) is 0 Å². The average molecular weight is 172 g/mol. The molecule has 0 N–H and O–H groups in total. The third kappa shape index (κ3) is 2.10. The summed E-state index contributed by atoms with van der Waals surface area (Å²) in [6.07, 6.45) is 7.78. The second kappa shape index (κ2) is 3.64. The summed E-state index contributed by atoms with van der Waals surface area (Å²) >= 11 is 0.647. The van der Waals surface area contributed by atoms with Crippen molar-refractivity contribution in [3.8, 4) is 0 Å². The molecule has 1 aliphatic heterocycles. The summed E-state index contributed by atoms with van der Waals surface area (Å²) in [6.45, 7) is 0. The third-order valence-electron chi connectivity index (χ3n) is 0.734. The minimum absolute atomic E-state index is 0.647. The molecule has 42 valence electrons. The van der Waals surface area contributed by atoms with Crippen LogP contribution in [0.25, 0.3) is 0 Å². The third-order valence-corrected chi connectivity index (χ3v) is 2.18. The zero-order valence-electron chi connectivity index (χ0n) is 4.45. The van der Waals surface area contributed by atoms with Gasteiger partial charge in [-0.1, -0.05) is 0 Å². The SMILES string of the molecule is C1=N/C=C\C=C/[Se]C1. The predicted octanol–water partition coefficient (Wildman–Crippen LogP) is 1.22. The molecule has 0 unspecified atom stereocenters. The first-order valence-electron chi connectivity index (χ1n) is 2.45. The zero-order chi connectivity index (χ0) is 5.66. The van der Waals surface area contributed by atoms with Crippen LogP contribution in [0.15, 0.2) is 28.3 Å². The molecule has 0 aromatic heterocycles. The van der Waals surface area contributed by atoms with Gasteiger partial charge in [0.25, 0.3) is 0 Å². The van der Waals surface area contributed by atoms with Gasteiger partial charge in [-0.25, -0.2) is 0 Å². The summed E-state index contributed by atoms with van der Waals surface area (Å²) in [5.41, 5.74) is 0. The van der Waals surface area contributed by atoms with Crippen LogP contribution in [0.3, 0.4) is 0 Å². The molecular weight excluding hydrogens is 165 g/mol. The van der Waals surface area contributed by atoms with E-state index in [1.165, 1.54) is 0 Å². The van der Waals surface area contributed by atoms with Gasteiger partial charge >= 0.3 is 54.8 Å². The average Bonchev–Trinajstić information content (AvgIpc) is 1.62. The van der Waals surface area contributed by atoms with Crippen LogP contribution >= 0.6 is 0 Å². The van der Waals surface area contributed by atoms with E-state index in [4.69, 9.17) is 0 Å². The van der Waals surface area contributed by atoms with E-state index in [-0.39, 0.29) is 0 Å². The van der Waals surface area contributed by atoms with Crippen LogP contribution < -0.4 is 0 Å². The van der Waals surface area contributed by atoms with Crippen molar-refractivity contribution in [1.29, 1.82) is 0 Å². The van der Waals surface area contributed by atoms with Gasteiger partial charge in [0.1, 0.15) is 0 Å². The molecule has 0 spiro atoms. The van der Waals surface area contributed by atoms with Crippen molar-refractivity contribution in [2.45, 2.75) is 5.32 Å². The van der Waals surface area contributed by atoms with E-state index < -0.39 is 0 Å². The van der Waals surface area contributed by atoms with E-state index in [1.807, 2.05) is 18.5 Å². The summed E-state index contributed by atoms with van der Waals surface area (Å²) < 4.78 is 0. The standard InChI is InChI=1S/C6H7NSe/c1-2-5-8-6-4-7-3-1/h1-5H,6H2/b3-1-,5-2-,7-4?. The van der Waals surface area contributed by atoms with Crippen LogP contribution in [0, 0.1) is 0 Å². The molecule has 0 saturated carbocycles. The summed E-state index contributed by atoms with van der Waals surface area (Å²) in [5, 5.41) is 1.13. The second-order valence-electron chi connectivity index (χ2n) is 1.34. The van der Waals surface area contributed by atoms with Gasteiger partial charge in [-0.05, 0) is 0 Å². The van der Waals surface area contributed by atoms with E-state index in [1.54, 1.807) is 0 Å². The maximum atomic E-state index is 3.99. The van der Waals surface area contributed by atoms with Crippen molar-refractivity contribution in [1.82, 2.24) is 0 Å². The minimum atomic E-state index is 0.647. The monoisotopic (exact) mass is 173 g/mol. The van der Waals surface area contributed by atoms with Crippen LogP contribution in [0.1, 0.15) is 0 Å². The first-order chi connectivity index (χ1) is 4.00. The fourth-order valence-electron chi connectivity index (χ4n) is 0.403. The van der Waals surface area contributed by atoms with Gasteiger partial charge in [-0.15, -0.1) is 0 Å². The summed E-state index contributed by atoms with van der Waals surface area (Å²) in [4.78, 5) is 6.19. The fraction of sp³-hybridized carbons (Fsp3) is 0.167. The van der Waals surface area contributed by atoms with Gasteiger partial charge in [0.2, 0.25) is 0 Å². The molecule has 0 aromatic carbocycles. The Labute approximate surface area is 55.4 Å². The van der Waals surface area contributed by atoms with Crippen molar-refractivity contribution in [3.63, 3.8) is 0 Å². The van der Waals surface area contributed by atoms with E-state index in [0.717, 1.165) is 5.32 Å². The van der Waals surface area contributed by atoms with Gasteiger partial charge in [-0.3, -0.25) is 0 Å². The van der Waals surface area contributed by atoms with Crippen molar-refractivity contribution < 1.29 is 0 Å². The van der Waals surface area contributed by atoms with E-state index >= 15 is 0 Å². The molecule has 1 nitrogen and oxygen atoms in total. The second-order valence-corrected chi connectivity index (χ2v) is 3.30. The van der Waals surface area contributed by atoms with Crippen LogP contribution in [0.2, 0.25) is 5.32 Å². The number of allylic oxidation sites excluding steroid dienone is 2. The molecule has 0 amide bonds. The van der Waals surface area contributed by atoms with E-state index in [2.05, 4.69) is 16.0 Å². The van der Waals surface area contributed by atoms with Crippen LogP contribution in [-0.2, 0) is 0 Å². The van der Waals surface area contributed by atoms with Gasteiger partial charge in [0.05, 0.1) is 0 Å². The quantitative estimate of drug-likeness (QED) is 0.487. The molecular formula is C6H7NSe. The number of hydrogen-bond donors (Lipinski definition) is 0. The number of rotatable bonds is 0. The summed E-state index contributed by atoms with van der Waals surface area (Å²) in [5.74, 6) is 0. The Bertz CT molecular complexity index is 119. The molecule has 1 aliphatic rings. The van der Waals surface area contributed by atoms with Gasteiger partial charge < -0.3 is 0 Å². The summed E-state index contributed by atoms with van der Waals surface area (Å²) in [6, 6.07) is 0. The molecule has 0 saturated heterocycles. The molecule has 0 fully saturated rings. The Balaban J connectivity index is 2.51. The van der Waals surface area contributed by atoms with Crippen molar-refractivity contribution in [2.24, 2.45) is 4.99 Å². The fourth-order valence-corrected chi connectivity index (χ4v) is 1.42. The first kappa shape index (κ1) is 5.80. The van der Waals surface area contributed by atoms with E-state index in [9.17, 15) is 0 Å². The molecule has 1 heterocycles. The Kier molecular flexibility index (Phi) is 2.64. The molecule has 0 aliphatic carbocycles. The Morgan fingerprint density at radius 3 is 3.38 bits per heavy atom. The molecule has 0 radical (unpaired) electrons. The van der Waals surface area contributed by atoms with Crippen LogP contribution in [0.5, 0.6) is 0 Å². The molecule has 8 heavy (non-hydrogen) atoms. The molecule has 1 rings (SSSR count). The Morgan fingerprint density at radius 1 is 1.38 bits per heavy atom. The van der Waals surface area contributed by atoms with Gasteiger partial charge in [0.15, 0.2) is 0 Å². The maximum absolute atomic E-state index is 3.99. The van der Waals surface area contributed by atoms with Crippen molar-refractivity contribution in [2.75, 3.05) is 0 Å². The molecule has 0 bridgehead atoms. The van der Waals surface area contributed by atoms with Crippen LogP contribution in [-0.4, -0.2) is 21.2 Å². The zero-order valence-corrected chi connectivity index (χ0v) is 6.16. The van der Waals surface area contributed by atoms with Crippen molar-refractivity contribution in [3.05, 3.63) is 23.3 Å². The molecule has 0 aromatic rings. The molecule has 2 heteroatoms. The molecule has 0 atom stereocenters. The van der Waals surface area contributed by atoms with Crippen LogP contribution in [0.4, 0.5) is 0 Å². The number of aliphatic imine (C=N–C) groups is 1. The van der Waals surface area contributed by atoms with Crippen molar-refractivity contribution >= 4 is 21.2 Å². The predicted molar refractivity (Wildman–Crippen MR) is 37.3 cm³/mol. The Morgan fingerprint density at radius 2 is 2.38 bits per heavy atom. The van der Waals surface area contributed by atoms with E-state index in [0.29, 0.717) is 15.0 Å².